The number of nitrogens with one attached hydrogen (secondary N) is 1. The predicted octanol–water partition coefficient (Wildman–Crippen LogP) is 3.24. The van der Waals surface area contributed by atoms with Gasteiger partial charge in [0.15, 0.2) is 0 Å². The van der Waals surface area contributed by atoms with Crippen molar-refractivity contribution in [2.24, 2.45) is 0 Å². The molecule has 4 heteroatoms. The van der Waals surface area contributed by atoms with Gasteiger partial charge in [-0.05, 0) is 25.0 Å². The van der Waals surface area contributed by atoms with E-state index in [-0.39, 0.29) is 0 Å². The Bertz CT molecular complexity index is 489. The largest absolute Gasteiger partial charge is 0.308 e. The molecule has 1 aliphatic carbocycles. The van der Waals surface area contributed by atoms with Gasteiger partial charge in [-0.15, -0.1) is 11.3 Å². The van der Waals surface area contributed by atoms with E-state index in [1.165, 1.54) is 25.7 Å². The van der Waals surface area contributed by atoms with E-state index in [1.54, 1.807) is 11.3 Å². The zero-order valence-electron chi connectivity index (χ0n) is 10.3. The summed E-state index contributed by atoms with van der Waals surface area (Å²) >= 11 is 1.67. The molecule has 0 unspecified atom stereocenters. The van der Waals surface area contributed by atoms with Crippen molar-refractivity contribution in [3.63, 3.8) is 0 Å². The number of rotatable bonds is 4. The molecule has 0 atom stereocenters. The first-order chi connectivity index (χ1) is 8.92. The van der Waals surface area contributed by atoms with Crippen LogP contribution in [0.2, 0.25) is 0 Å². The summed E-state index contributed by atoms with van der Waals surface area (Å²) < 4.78 is 0. The van der Waals surface area contributed by atoms with Gasteiger partial charge in [0.25, 0.3) is 0 Å². The maximum Gasteiger partial charge on any atom is 0.142 e. The lowest BCUT2D eigenvalue weighted by atomic mass is 10.2. The summed E-state index contributed by atoms with van der Waals surface area (Å²) in [6.07, 6.45) is 7.18. The molecule has 0 aliphatic heterocycles. The molecule has 1 saturated carbocycles. The Morgan fingerprint density at radius 3 is 2.94 bits per heavy atom. The Morgan fingerprint density at radius 1 is 1.28 bits per heavy atom. The van der Waals surface area contributed by atoms with Gasteiger partial charge in [0.1, 0.15) is 5.01 Å². The van der Waals surface area contributed by atoms with E-state index in [4.69, 9.17) is 0 Å². The molecule has 0 radical (unpaired) electrons. The molecule has 1 aliphatic rings. The fourth-order valence-electron chi connectivity index (χ4n) is 2.37. The van der Waals surface area contributed by atoms with Gasteiger partial charge >= 0.3 is 0 Å². The normalized spacial score (nSPS) is 16.2. The van der Waals surface area contributed by atoms with Gasteiger partial charge in [-0.2, -0.15) is 0 Å². The molecule has 0 bridgehead atoms. The van der Waals surface area contributed by atoms with Crippen LogP contribution < -0.4 is 5.32 Å². The minimum atomic E-state index is 0.699. The Balaban J connectivity index is 1.63. The van der Waals surface area contributed by atoms with Gasteiger partial charge in [0.05, 0.1) is 11.4 Å². The molecule has 18 heavy (non-hydrogen) atoms. The zero-order chi connectivity index (χ0) is 12.2. The summed E-state index contributed by atoms with van der Waals surface area (Å²) in [5.74, 6) is 0. The predicted molar refractivity (Wildman–Crippen MR) is 74.4 cm³/mol. The first kappa shape index (κ1) is 11.8. The third-order valence-electron chi connectivity index (χ3n) is 3.36. The minimum absolute atomic E-state index is 0.699. The smallest absolute Gasteiger partial charge is 0.142 e. The van der Waals surface area contributed by atoms with Gasteiger partial charge < -0.3 is 5.32 Å². The lowest BCUT2D eigenvalue weighted by Crippen LogP contribution is -2.25. The van der Waals surface area contributed by atoms with Crippen LogP contribution in [-0.4, -0.2) is 16.0 Å². The average molecular weight is 259 g/mol. The molecule has 3 rings (SSSR count). The molecule has 1 N–H and O–H groups in total. The Labute approximate surface area is 111 Å². The fourth-order valence-corrected chi connectivity index (χ4v) is 3.17. The average Bonchev–Trinajstić information content (AvgIpc) is 3.09. The van der Waals surface area contributed by atoms with Gasteiger partial charge in [-0.1, -0.05) is 18.9 Å². The van der Waals surface area contributed by atoms with Gasteiger partial charge in [-0.3, -0.25) is 4.98 Å². The standard InChI is InChI=1S/C14H17N3S/c1-2-6-11(5-1)16-9-12-10-18-14(17-12)13-7-3-4-8-15-13/h3-4,7-8,10-11,16H,1-2,5-6,9H2. The van der Waals surface area contributed by atoms with E-state index >= 15 is 0 Å². The second-order valence-electron chi connectivity index (χ2n) is 4.72. The molecule has 0 amide bonds. The number of pyridine rings is 1. The van der Waals surface area contributed by atoms with E-state index < -0.39 is 0 Å². The highest BCUT2D eigenvalue weighted by Gasteiger charge is 2.14. The lowest BCUT2D eigenvalue weighted by molar-refractivity contribution is 0.520. The summed E-state index contributed by atoms with van der Waals surface area (Å²) in [5, 5.41) is 6.73. The van der Waals surface area contributed by atoms with Gasteiger partial charge in [0.2, 0.25) is 0 Å². The minimum Gasteiger partial charge on any atom is -0.308 e. The van der Waals surface area contributed by atoms with Crippen LogP contribution in [0.3, 0.4) is 0 Å². The lowest BCUT2D eigenvalue weighted by Gasteiger charge is -2.09. The number of nitrogens with zero attached hydrogens (tertiary/aromatic N) is 2. The Morgan fingerprint density at radius 2 is 2.17 bits per heavy atom. The molecule has 2 aromatic rings. The second-order valence-corrected chi connectivity index (χ2v) is 5.58. The van der Waals surface area contributed by atoms with Crippen LogP contribution >= 0.6 is 11.3 Å². The molecular formula is C14H17N3S. The zero-order valence-corrected chi connectivity index (χ0v) is 11.1. The highest BCUT2D eigenvalue weighted by atomic mass is 32.1. The van der Waals surface area contributed by atoms with Crippen LogP contribution in [0.15, 0.2) is 29.8 Å². The second kappa shape index (κ2) is 5.59. The molecule has 0 spiro atoms. The summed E-state index contributed by atoms with van der Waals surface area (Å²) in [5.41, 5.74) is 2.10. The molecular weight excluding hydrogens is 242 g/mol. The Hall–Kier alpha value is -1.26. The van der Waals surface area contributed by atoms with Crippen molar-refractivity contribution in [1.29, 1.82) is 0 Å². The van der Waals surface area contributed by atoms with Crippen LogP contribution in [0.4, 0.5) is 0 Å². The van der Waals surface area contributed by atoms with Crippen LogP contribution in [0, 0.1) is 0 Å². The third-order valence-corrected chi connectivity index (χ3v) is 4.28. The highest BCUT2D eigenvalue weighted by Crippen LogP contribution is 2.22. The van der Waals surface area contributed by atoms with Gasteiger partial charge in [-0.25, -0.2) is 4.98 Å². The summed E-state index contributed by atoms with van der Waals surface area (Å²) in [6, 6.07) is 6.64. The van der Waals surface area contributed by atoms with Crippen LogP contribution in [0.25, 0.3) is 10.7 Å². The van der Waals surface area contributed by atoms with Crippen LogP contribution in [0.1, 0.15) is 31.4 Å². The van der Waals surface area contributed by atoms with Crippen molar-refractivity contribution in [3.05, 3.63) is 35.5 Å². The van der Waals surface area contributed by atoms with Crippen molar-refractivity contribution in [2.45, 2.75) is 38.3 Å². The molecule has 0 aromatic carbocycles. The Kier molecular flexibility index (Phi) is 3.67. The molecule has 1 fully saturated rings. The molecule has 3 nitrogen and oxygen atoms in total. The van der Waals surface area contributed by atoms with E-state index in [0.717, 1.165) is 22.9 Å². The quantitative estimate of drug-likeness (QED) is 0.916. The van der Waals surface area contributed by atoms with Gasteiger partial charge in [0, 0.05) is 24.2 Å². The maximum absolute atomic E-state index is 4.63. The van der Waals surface area contributed by atoms with E-state index in [0.29, 0.717) is 6.04 Å². The molecule has 94 valence electrons. The SMILES string of the molecule is c1ccc(-c2nc(CNC3CCCC3)cs2)nc1. The number of thiazole rings is 1. The van der Waals surface area contributed by atoms with E-state index in [1.807, 2.05) is 24.4 Å². The maximum atomic E-state index is 4.63. The topological polar surface area (TPSA) is 37.8 Å². The van der Waals surface area contributed by atoms with Crippen molar-refractivity contribution < 1.29 is 0 Å². The van der Waals surface area contributed by atoms with Crippen molar-refractivity contribution in [2.75, 3.05) is 0 Å². The van der Waals surface area contributed by atoms with Crippen molar-refractivity contribution >= 4 is 11.3 Å². The summed E-state index contributed by atoms with van der Waals surface area (Å²) in [6.45, 7) is 0.883. The number of aromatic nitrogens is 2. The van der Waals surface area contributed by atoms with Crippen molar-refractivity contribution in [3.8, 4) is 10.7 Å². The summed E-state index contributed by atoms with van der Waals surface area (Å²) in [7, 11) is 0. The first-order valence-corrected chi connectivity index (χ1v) is 7.39. The monoisotopic (exact) mass is 259 g/mol. The molecule has 2 aromatic heterocycles. The van der Waals surface area contributed by atoms with E-state index in [9.17, 15) is 0 Å². The molecule has 2 heterocycles. The highest BCUT2D eigenvalue weighted by molar-refractivity contribution is 7.13. The van der Waals surface area contributed by atoms with Crippen LogP contribution in [-0.2, 0) is 6.54 Å². The van der Waals surface area contributed by atoms with Crippen LogP contribution in [0.5, 0.6) is 0 Å². The third kappa shape index (κ3) is 2.76. The first-order valence-electron chi connectivity index (χ1n) is 6.51. The molecule has 0 saturated heterocycles. The van der Waals surface area contributed by atoms with E-state index in [2.05, 4.69) is 20.7 Å². The number of hydrogen-bond acceptors (Lipinski definition) is 4. The number of hydrogen-bond donors (Lipinski definition) is 1. The summed E-state index contributed by atoms with van der Waals surface area (Å²) in [4.78, 5) is 8.96. The van der Waals surface area contributed by atoms with Crippen molar-refractivity contribution in [1.82, 2.24) is 15.3 Å². The fraction of sp³-hybridized carbons (Fsp3) is 0.429.